The fourth-order valence-corrected chi connectivity index (χ4v) is 1.77. The van der Waals surface area contributed by atoms with E-state index in [0.29, 0.717) is 5.02 Å². The van der Waals surface area contributed by atoms with Crippen molar-refractivity contribution in [2.24, 2.45) is 0 Å². The van der Waals surface area contributed by atoms with E-state index in [0.717, 1.165) is 0 Å². The van der Waals surface area contributed by atoms with Crippen molar-refractivity contribution >= 4 is 35.0 Å². The molecule has 1 aromatic carbocycles. The van der Waals surface area contributed by atoms with Gasteiger partial charge in [0.1, 0.15) is 0 Å². The number of nitrogens with one attached hydrogen (secondary N) is 2. The molecule has 2 N–H and O–H groups in total. The molecule has 0 aliphatic heterocycles. The van der Waals surface area contributed by atoms with E-state index in [1.165, 1.54) is 12.1 Å². The van der Waals surface area contributed by atoms with E-state index < -0.39 is 5.91 Å². The van der Waals surface area contributed by atoms with Gasteiger partial charge in [-0.15, -0.1) is 0 Å². The van der Waals surface area contributed by atoms with Crippen molar-refractivity contribution < 1.29 is 9.59 Å². The molecular weight excluding hydrogens is 287 g/mol. The van der Waals surface area contributed by atoms with Crippen LogP contribution in [0.25, 0.3) is 0 Å². The molecule has 0 heterocycles. The van der Waals surface area contributed by atoms with Gasteiger partial charge in [0.25, 0.3) is 5.91 Å². The number of rotatable bonds is 3. The van der Waals surface area contributed by atoms with Gasteiger partial charge in [-0.3, -0.25) is 9.59 Å². The third-order valence-corrected chi connectivity index (χ3v) is 2.66. The van der Waals surface area contributed by atoms with Crippen LogP contribution in [-0.2, 0) is 4.79 Å². The Morgan fingerprint density at radius 1 is 1.21 bits per heavy atom. The number of benzene rings is 1. The highest BCUT2D eigenvalue weighted by Crippen LogP contribution is 2.20. The fraction of sp³-hybridized carbons (Fsp3) is 0.385. The first kappa shape index (κ1) is 15.8. The standard InChI is InChI=1S/C13H16Cl2N2O2/c1-13(2,3)17-11(18)7-16-12(19)9-6-8(14)4-5-10(9)15/h4-6H,7H2,1-3H3,(H,16,19)(H,17,18). The molecule has 19 heavy (non-hydrogen) atoms. The predicted octanol–water partition coefficient (Wildman–Crippen LogP) is 2.64. The Morgan fingerprint density at radius 2 is 1.84 bits per heavy atom. The Bertz CT molecular complexity index is 496. The highest BCUT2D eigenvalue weighted by atomic mass is 35.5. The fourth-order valence-electron chi connectivity index (χ4n) is 1.39. The molecule has 0 spiro atoms. The lowest BCUT2D eigenvalue weighted by molar-refractivity contribution is -0.121. The van der Waals surface area contributed by atoms with Crippen molar-refractivity contribution in [3.8, 4) is 0 Å². The molecule has 0 saturated carbocycles. The second-order valence-corrected chi connectivity index (χ2v) is 5.95. The summed E-state index contributed by atoms with van der Waals surface area (Å²) in [4.78, 5) is 23.4. The molecule has 0 aliphatic carbocycles. The Labute approximate surface area is 122 Å². The van der Waals surface area contributed by atoms with Gasteiger partial charge in [0.05, 0.1) is 17.1 Å². The Hall–Kier alpha value is -1.26. The minimum atomic E-state index is -0.434. The van der Waals surface area contributed by atoms with Gasteiger partial charge in [-0.1, -0.05) is 23.2 Å². The van der Waals surface area contributed by atoms with Crippen LogP contribution < -0.4 is 10.6 Å². The highest BCUT2D eigenvalue weighted by Gasteiger charge is 2.16. The molecule has 0 radical (unpaired) electrons. The van der Waals surface area contributed by atoms with E-state index in [1.807, 2.05) is 20.8 Å². The summed E-state index contributed by atoms with van der Waals surface area (Å²) < 4.78 is 0. The minimum Gasteiger partial charge on any atom is -0.350 e. The molecule has 0 atom stereocenters. The molecule has 6 heteroatoms. The Morgan fingerprint density at radius 3 is 2.42 bits per heavy atom. The van der Waals surface area contributed by atoms with Crippen LogP contribution in [-0.4, -0.2) is 23.9 Å². The molecule has 104 valence electrons. The zero-order valence-electron chi connectivity index (χ0n) is 11.0. The molecular formula is C13H16Cl2N2O2. The topological polar surface area (TPSA) is 58.2 Å². The number of hydrogen-bond donors (Lipinski definition) is 2. The number of amides is 2. The van der Waals surface area contributed by atoms with Gasteiger partial charge in [0, 0.05) is 10.6 Å². The van der Waals surface area contributed by atoms with Crippen LogP contribution in [0.5, 0.6) is 0 Å². The van der Waals surface area contributed by atoms with Gasteiger partial charge in [-0.05, 0) is 39.0 Å². The zero-order chi connectivity index (χ0) is 14.6. The van der Waals surface area contributed by atoms with Crippen LogP contribution in [0.2, 0.25) is 10.0 Å². The van der Waals surface area contributed by atoms with Crippen LogP contribution in [0.4, 0.5) is 0 Å². The second kappa shape index (κ2) is 6.26. The van der Waals surface area contributed by atoms with Gasteiger partial charge in [-0.25, -0.2) is 0 Å². The van der Waals surface area contributed by atoms with E-state index in [-0.39, 0.29) is 28.6 Å². The molecule has 2 amide bonds. The smallest absolute Gasteiger partial charge is 0.253 e. The summed E-state index contributed by atoms with van der Waals surface area (Å²) in [5, 5.41) is 5.94. The largest absolute Gasteiger partial charge is 0.350 e. The highest BCUT2D eigenvalue weighted by molar-refractivity contribution is 6.35. The van der Waals surface area contributed by atoms with E-state index in [4.69, 9.17) is 23.2 Å². The van der Waals surface area contributed by atoms with Gasteiger partial charge < -0.3 is 10.6 Å². The molecule has 0 aromatic heterocycles. The summed E-state index contributed by atoms with van der Waals surface area (Å²) >= 11 is 11.7. The maximum absolute atomic E-state index is 11.9. The van der Waals surface area contributed by atoms with Crippen LogP contribution in [0.15, 0.2) is 18.2 Å². The first-order valence-electron chi connectivity index (χ1n) is 5.73. The monoisotopic (exact) mass is 302 g/mol. The lowest BCUT2D eigenvalue weighted by Gasteiger charge is -2.20. The lowest BCUT2D eigenvalue weighted by Crippen LogP contribution is -2.45. The second-order valence-electron chi connectivity index (χ2n) is 5.11. The number of hydrogen-bond acceptors (Lipinski definition) is 2. The third-order valence-electron chi connectivity index (χ3n) is 2.10. The molecule has 0 saturated heterocycles. The van der Waals surface area contributed by atoms with Crippen LogP contribution in [0.3, 0.4) is 0 Å². The van der Waals surface area contributed by atoms with Crippen molar-refractivity contribution in [3.63, 3.8) is 0 Å². The van der Waals surface area contributed by atoms with Crippen molar-refractivity contribution in [2.45, 2.75) is 26.3 Å². The average Bonchev–Trinajstić information content (AvgIpc) is 2.27. The Kier molecular flexibility index (Phi) is 5.20. The molecule has 4 nitrogen and oxygen atoms in total. The van der Waals surface area contributed by atoms with Gasteiger partial charge >= 0.3 is 0 Å². The van der Waals surface area contributed by atoms with Crippen LogP contribution in [0, 0.1) is 0 Å². The number of carbonyl (C=O) groups is 2. The average molecular weight is 303 g/mol. The predicted molar refractivity (Wildman–Crippen MR) is 76.7 cm³/mol. The third kappa shape index (κ3) is 5.49. The summed E-state index contributed by atoms with van der Waals surface area (Å²) in [6.45, 7) is 5.47. The van der Waals surface area contributed by atoms with Crippen molar-refractivity contribution in [2.75, 3.05) is 6.54 Å². The van der Waals surface area contributed by atoms with E-state index in [9.17, 15) is 9.59 Å². The number of halogens is 2. The van der Waals surface area contributed by atoms with Crippen molar-refractivity contribution in [3.05, 3.63) is 33.8 Å². The zero-order valence-corrected chi connectivity index (χ0v) is 12.5. The maximum atomic E-state index is 11.9. The first-order chi connectivity index (χ1) is 8.69. The van der Waals surface area contributed by atoms with E-state index in [1.54, 1.807) is 6.07 Å². The summed E-state index contributed by atoms with van der Waals surface area (Å²) in [6.07, 6.45) is 0. The normalized spacial score (nSPS) is 11.0. The van der Waals surface area contributed by atoms with Gasteiger partial charge in [0.2, 0.25) is 5.91 Å². The van der Waals surface area contributed by atoms with Crippen LogP contribution >= 0.6 is 23.2 Å². The first-order valence-corrected chi connectivity index (χ1v) is 6.49. The Balaban J connectivity index is 2.61. The van der Waals surface area contributed by atoms with E-state index >= 15 is 0 Å². The molecule has 0 unspecified atom stereocenters. The summed E-state index contributed by atoms with van der Waals surface area (Å²) in [5.74, 6) is -0.699. The summed E-state index contributed by atoms with van der Waals surface area (Å²) in [6, 6.07) is 4.59. The van der Waals surface area contributed by atoms with Gasteiger partial charge in [-0.2, -0.15) is 0 Å². The van der Waals surface area contributed by atoms with E-state index in [2.05, 4.69) is 10.6 Å². The minimum absolute atomic E-state index is 0.112. The quantitative estimate of drug-likeness (QED) is 0.902. The molecule has 0 bridgehead atoms. The summed E-state index contributed by atoms with van der Waals surface area (Å²) in [7, 11) is 0. The number of carbonyl (C=O) groups excluding carboxylic acids is 2. The van der Waals surface area contributed by atoms with Gasteiger partial charge in [0.15, 0.2) is 0 Å². The maximum Gasteiger partial charge on any atom is 0.253 e. The van der Waals surface area contributed by atoms with Crippen LogP contribution in [0.1, 0.15) is 31.1 Å². The molecule has 0 aliphatic rings. The van der Waals surface area contributed by atoms with Crippen molar-refractivity contribution in [1.29, 1.82) is 0 Å². The lowest BCUT2D eigenvalue weighted by atomic mass is 10.1. The summed E-state index contributed by atoms with van der Waals surface area (Å²) in [5.41, 5.74) is -0.0899. The van der Waals surface area contributed by atoms with Crippen molar-refractivity contribution in [1.82, 2.24) is 10.6 Å². The SMILES string of the molecule is CC(C)(C)NC(=O)CNC(=O)c1cc(Cl)ccc1Cl. The molecule has 1 aromatic rings. The molecule has 0 fully saturated rings. The molecule has 1 rings (SSSR count).